The van der Waals surface area contributed by atoms with E-state index in [9.17, 15) is 14.9 Å². The summed E-state index contributed by atoms with van der Waals surface area (Å²) < 4.78 is 6.59. The maximum atomic E-state index is 13.0. The van der Waals surface area contributed by atoms with E-state index in [4.69, 9.17) is 4.74 Å². The van der Waals surface area contributed by atoms with Gasteiger partial charge in [0, 0.05) is 5.56 Å². The molecule has 0 unspecified atom stereocenters. The molecule has 1 heterocycles. The first kappa shape index (κ1) is 20.4. The molecule has 2 saturated carbocycles. The van der Waals surface area contributed by atoms with Crippen molar-refractivity contribution in [1.82, 2.24) is 5.01 Å². The fourth-order valence-electron chi connectivity index (χ4n) is 5.80. The van der Waals surface area contributed by atoms with Crippen molar-refractivity contribution >= 4 is 34.0 Å². The number of benzene rings is 2. The van der Waals surface area contributed by atoms with Gasteiger partial charge in [-0.2, -0.15) is 15.4 Å². The number of allylic oxidation sites excluding steroid dienone is 2. The van der Waals surface area contributed by atoms with E-state index in [-0.39, 0.29) is 42.1 Å². The summed E-state index contributed by atoms with van der Waals surface area (Å²) in [5.41, 5.74) is 2.14. The third-order valence-electron chi connectivity index (χ3n) is 7.44. The van der Waals surface area contributed by atoms with Gasteiger partial charge in [-0.3, -0.25) is 9.59 Å². The summed E-state index contributed by atoms with van der Waals surface area (Å²) in [7, 11) is 0. The van der Waals surface area contributed by atoms with E-state index in [1.807, 2.05) is 30.3 Å². The number of nitrogens with zero attached hydrogens (tertiary/aromatic N) is 3. The van der Waals surface area contributed by atoms with Gasteiger partial charge < -0.3 is 4.74 Å². The summed E-state index contributed by atoms with van der Waals surface area (Å²) in [6.45, 7) is 0.272. The van der Waals surface area contributed by atoms with Gasteiger partial charge in [-0.1, -0.05) is 30.4 Å². The zero-order chi connectivity index (χ0) is 22.7. The van der Waals surface area contributed by atoms with Crippen LogP contribution in [0.1, 0.15) is 23.1 Å². The average molecular weight is 502 g/mol. The van der Waals surface area contributed by atoms with Crippen LogP contribution in [0.25, 0.3) is 0 Å². The molecule has 7 heteroatoms. The van der Waals surface area contributed by atoms with Gasteiger partial charge in [0.2, 0.25) is 0 Å². The van der Waals surface area contributed by atoms with Crippen LogP contribution >= 0.6 is 15.9 Å². The Bertz CT molecular complexity index is 1240. The number of halogens is 1. The van der Waals surface area contributed by atoms with Crippen LogP contribution in [0.4, 0.5) is 0 Å². The van der Waals surface area contributed by atoms with Gasteiger partial charge in [0.25, 0.3) is 11.8 Å². The van der Waals surface area contributed by atoms with Gasteiger partial charge >= 0.3 is 0 Å². The Morgan fingerprint density at radius 3 is 2.45 bits per heavy atom. The Kier molecular flexibility index (Phi) is 4.73. The van der Waals surface area contributed by atoms with Crippen molar-refractivity contribution in [2.45, 2.75) is 13.0 Å². The number of carbonyl (C=O) groups is 2. The molecular weight excluding hydrogens is 482 g/mol. The van der Waals surface area contributed by atoms with Crippen molar-refractivity contribution in [2.75, 3.05) is 0 Å². The van der Waals surface area contributed by atoms with E-state index in [0.29, 0.717) is 23.1 Å². The third-order valence-corrected chi connectivity index (χ3v) is 8.06. The molecule has 0 spiro atoms. The highest BCUT2D eigenvalue weighted by molar-refractivity contribution is 9.10. The average Bonchev–Trinajstić information content (AvgIpc) is 3.62. The highest BCUT2D eigenvalue weighted by Crippen LogP contribution is 2.65. The van der Waals surface area contributed by atoms with Crippen LogP contribution in [0.5, 0.6) is 5.75 Å². The first-order valence-corrected chi connectivity index (χ1v) is 11.9. The fourth-order valence-corrected chi connectivity index (χ4v) is 6.32. The van der Waals surface area contributed by atoms with Crippen LogP contribution < -0.4 is 4.74 Å². The van der Waals surface area contributed by atoms with Crippen LogP contribution in [0.15, 0.2) is 64.2 Å². The van der Waals surface area contributed by atoms with Crippen LogP contribution in [0.2, 0.25) is 0 Å². The number of carbonyl (C=O) groups excluding carboxylic acids is 2. The first-order chi connectivity index (χ1) is 16.1. The minimum absolute atomic E-state index is 0.166. The molecule has 2 amide bonds. The van der Waals surface area contributed by atoms with Crippen LogP contribution in [-0.4, -0.2) is 23.0 Å². The third kappa shape index (κ3) is 3.24. The minimum Gasteiger partial charge on any atom is -0.488 e. The molecule has 33 heavy (non-hydrogen) atoms. The molecule has 1 saturated heterocycles. The predicted molar refractivity (Wildman–Crippen MR) is 124 cm³/mol. The Balaban J connectivity index is 1.16. The zero-order valence-electron chi connectivity index (χ0n) is 17.6. The lowest BCUT2D eigenvalue weighted by atomic mass is 9.63. The summed E-state index contributed by atoms with van der Waals surface area (Å²) >= 11 is 3.51. The number of hydrazone groups is 1. The van der Waals surface area contributed by atoms with Crippen molar-refractivity contribution in [3.8, 4) is 11.8 Å². The van der Waals surface area contributed by atoms with Crippen molar-refractivity contribution in [1.29, 1.82) is 5.26 Å². The molecule has 0 N–H and O–H groups in total. The molecule has 6 nitrogen and oxygen atoms in total. The Morgan fingerprint density at radius 2 is 1.79 bits per heavy atom. The molecule has 4 aliphatic carbocycles. The number of hydrogen-bond acceptors (Lipinski definition) is 5. The molecule has 6 atom stereocenters. The van der Waals surface area contributed by atoms with Gasteiger partial charge in [-0.05, 0) is 75.9 Å². The topological polar surface area (TPSA) is 82.8 Å². The maximum absolute atomic E-state index is 13.0. The van der Waals surface area contributed by atoms with E-state index < -0.39 is 0 Å². The molecule has 2 aromatic rings. The van der Waals surface area contributed by atoms with E-state index >= 15 is 0 Å². The van der Waals surface area contributed by atoms with Crippen LogP contribution in [0.3, 0.4) is 0 Å². The smallest absolute Gasteiger partial charge is 0.254 e. The van der Waals surface area contributed by atoms with Crippen molar-refractivity contribution in [3.05, 3.63) is 75.8 Å². The fraction of sp³-hybridized carbons (Fsp3) is 0.308. The highest BCUT2D eigenvalue weighted by atomic mass is 79.9. The molecule has 2 aromatic carbocycles. The first-order valence-electron chi connectivity index (χ1n) is 11.1. The standard InChI is InChI=1S/C26H20BrN3O3/c27-21-9-14(5-8-22(21)33-13-16-4-2-1-3-15(16)11-28)12-29-30-25(31)23-17-6-7-18(20-10-19(17)20)24(23)26(30)32/h1-9,12,17-20,23-24H,10,13H2/b29-12-/t17-,18-,19-,20-,23+,24+/m0/s1. The van der Waals surface area contributed by atoms with Gasteiger partial charge in [-0.15, -0.1) is 0 Å². The number of ether oxygens (including phenoxy) is 1. The lowest BCUT2D eigenvalue weighted by Gasteiger charge is -2.37. The largest absolute Gasteiger partial charge is 0.488 e. The summed E-state index contributed by atoms with van der Waals surface area (Å²) in [6.07, 6.45) is 7.00. The number of nitriles is 1. The summed E-state index contributed by atoms with van der Waals surface area (Å²) in [6, 6.07) is 14.9. The second-order valence-corrected chi connectivity index (χ2v) is 9.99. The quantitative estimate of drug-likeness (QED) is 0.347. The molecule has 7 rings (SSSR count). The Morgan fingerprint density at radius 1 is 1.09 bits per heavy atom. The van der Waals surface area contributed by atoms with Gasteiger partial charge in [-0.25, -0.2) is 0 Å². The van der Waals surface area contributed by atoms with Gasteiger partial charge in [0.05, 0.1) is 34.2 Å². The van der Waals surface area contributed by atoms with Crippen LogP contribution in [-0.2, 0) is 16.2 Å². The molecule has 164 valence electrons. The van der Waals surface area contributed by atoms with E-state index in [1.165, 1.54) is 0 Å². The number of amides is 2. The number of hydrogen-bond donors (Lipinski definition) is 0. The second kappa shape index (κ2) is 7.67. The molecule has 0 radical (unpaired) electrons. The summed E-state index contributed by atoms with van der Waals surface area (Å²) in [5, 5.41) is 14.6. The lowest BCUT2D eigenvalue weighted by Crippen LogP contribution is -2.40. The molecule has 0 aromatic heterocycles. The van der Waals surface area contributed by atoms with Crippen molar-refractivity contribution < 1.29 is 14.3 Å². The predicted octanol–water partition coefficient (Wildman–Crippen LogP) is 4.29. The van der Waals surface area contributed by atoms with E-state index in [2.05, 4.69) is 39.3 Å². The van der Waals surface area contributed by atoms with Crippen molar-refractivity contribution in [3.63, 3.8) is 0 Å². The SMILES string of the molecule is N#Cc1ccccc1COc1ccc(/C=N\N2C(=O)[C@@H]3[C@H]4C=C[C@@H]([C@@H]5C[C@@H]45)[C@H]3C2=O)cc1Br. The van der Waals surface area contributed by atoms with Gasteiger partial charge in [0.1, 0.15) is 12.4 Å². The monoisotopic (exact) mass is 501 g/mol. The number of imide groups is 1. The van der Waals surface area contributed by atoms with E-state index in [0.717, 1.165) is 27.0 Å². The molecule has 2 bridgehead atoms. The minimum atomic E-state index is -0.243. The molecule has 3 fully saturated rings. The van der Waals surface area contributed by atoms with Crippen LogP contribution in [0, 0.1) is 46.8 Å². The second-order valence-electron chi connectivity index (χ2n) is 9.13. The normalized spacial score (nSPS) is 31.0. The van der Waals surface area contributed by atoms with E-state index in [1.54, 1.807) is 18.3 Å². The summed E-state index contributed by atoms with van der Waals surface area (Å²) in [5.74, 6) is 1.34. The lowest BCUT2D eigenvalue weighted by molar-refractivity contribution is -0.140. The maximum Gasteiger partial charge on any atom is 0.254 e. The highest BCUT2D eigenvalue weighted by Gasteiger charge is 2.67. The van der Waals surface area contributed by atoms with Gasteiger partial charge in [0.15, 0.2) is 0 Å². The van der Waals surface area contributed by atoms with Crippen molar-refractivity contribution in [2.24, 2.45) is 40.6 Å². The Hall–Kier alpha value is -3.24. The zero-order valence-corrected chi connectivity index (χ0v) is 19.2. The molecular formula is C26H20BrN3O3. The molecule has 5 aliphatic rings. The summed E-state index contributed by atoms with van der Waals surface area (Å²) in [4.78, 5) is 26.0. The Labute approximate surface area is 199 Å². The number of rotatable bonds is 5. The molecule has 1 aliphatic heterocycles.